The molecule has 0 radical (unpaired) electrons. The highest BCUT2D eigenvalue weighted by atomic mass is 16.4. The zero-order valence-corrected chi connectivity index (χ0v) is 6.97. The lowest BCUT2D eigenvalue weighted by Crippen LogP contribution is -2.55. The van der Waals surface area contributed by atoms with E-state index >= 15 is 0 Å². The maximum Gasteiger partial charge on any atom is 0.341 e. The zero-order valence-electron chi connectivity index (χ0n) is 6.97. The Morgan fingerprint density at radius 2 is 2.00 bits per heavy atom. The first kappa shape index (κ1) is 9.53. The summed E-state index contributed by atoms with van der Waals surface area (Å²) in [4.78, 5) is 22.5. The van der Waals surface area contributed by atoms with Gasteiger partial charge in [-0.15, -0.1) is 0 Å². The van der Waals surface area contributed by atoms with E-state index in [0.717, 1.165) is 0 Å². The van der Waals surface area contributed by atoms with Crippen molar-refractivity contribution in [1.82, 2.24) is 10.2 Å². The average molecular weight is 186 g/mol. The van der Waals surface area contributed by atoms with Crippen molar-refractivity contribution in [3.8, 4) is 0 Å². The van der Waals surface area contributed by atoms with Gasteiger partial charge < -0.3 is 15.1 Å². The molecule has 0 saturated heterocycles. The van der Waals surface area contributed by atoms with Gasteiger partial charge in [0.2, 0.25) is 0 Å². The Morgan fingerprint density at radius 3 is 2.46 bits per heavy atom. The monoisotopic (exact) mass is 186 g/mol. The molecule has 0 saturated carbocycles. The maximum absolute atomic E-state index is 10.6. The molecule has 2 atom stereocenters. The van der Waals surface area contributed by atoms with E-state index in [2.05, 4.69) is 5.32 Å². The van der Waals surface area contributed by atoms with Gasteiger partial charge in [-0.3, -0.25) is 10.1 Å². The van der Waals surface area contributed by atoms with E-state index in [4.69, 9.17) is 10.2 Å². The molecule has 0 aromatic carbocycles. The molecule has 0 aromatic rings. The van der Waals surface area contributed by atoms with Crippen molar-refractivity contribution in [2.45, 2.75) is 12.2 Å². The second kappa shape index (κ2) is 3.44. The van der Waals surface area contributed by atoms with Gasteiger partial charge in [-0.2, -0.15) is 0 Å². The fourth-order valence-corrected chi connectivity index (χ4v) is 1.05. The molecule has 1 aliphatic rings. The van der Waals surface area contributed by atoms with Crippen LogP contribution in [0.25, 0.3) is 0 Å². The summed E-state index contributed by atoms with van der Waals surface area (Å²) in [6.45, 7) is 0. The Kier molecular flexibility index (Phi) is 2.52. The van der Waals surface area contributed by atoms with Gasteiger partial charge in [0.25, 0.3) is 0 Å². The second-order valence-corrected chi connectivity index (χ2v) is 2.73. The number of carboxylic acid groups (broad SMARTS) is 2. The van der Waals surface area contributed by atoms with Crippen LogP contribution in [-0.4, -0.2) is 46.3 Å². The molecule has 1 aliphatic heterocycles. The van der Waals surface area contributed by atoms with Gasteiger partial charge in [0.05, 0.1) is 0 Å². The maximum atomic E-state index is 10.6. The summed E-state index contributed by atoms with van der Waals surface area (Å²) in [6, 6.07) is -0.933. The molecule has 1 rings (SSSR count). The van der Waals surface area contributed by atoms with Gasteiger partial charge in [-0.05, 0) is 12.3 Å². The number of hydrogen-bond acceptors (Lipinski definition) is 4. The SMILES string of the molecule is CN1C=CC(C(=O)O)NC1C(=O)O. The van der Waals surface area contributed by atoms with Gasteiger partial charge in [-0.1, -0.05) is 0 Å². The number of hydrogen-bond donors (Lipinski definition) is 3. The molecule has 0 amide bonds. The lowest BCUT2D eigenvalue weighted by molar-refractivity contribution is -0.145. The van der Waals surface area contributed by atoms with Crippen LogP contribution in [0.15, 0.2) is 12.3 Å². The van der Waals surface area contributed by atoms with Crippen LogP contribution in [0.4, 0.5) is 0 Å². The number of rotatable bonds is 2. The summed E-state index contributed by atoms with van der Waals surface area (Å²) < 4.78 is 0. The summed E-state index contributed by atoms with van der Waals surface area (Å²) >= 11 is 0. The number of aliphatic carboxylic acids is 2. The predicted molar refractivity (Wildman–Crippen MR) is 42.9 cm³/mol. The molecule has 0 bridgehead atoms. The van der Waals surface area contributed by atoms with Crippen LogP contribution < -0.4 is 5.32 Å². The Balaban J connectivity index is 2.76. The fraction of sp³-hybridized carbons (Fsp3) is 0.429. The lowest BCUT2D eigenvalue weighted by atomic mass is 10.2. The molecule has 0 aromatic heterocycles. The number of nitrogens with zero attached hydrogens (tertiary/aromatic N) is 1. The molecule has 6 heteroatoms. The van der Waals surface area contributed by atoms with Crippen LogP contribution in [0.1, 0.15) is 0 Å². The summed E-state index contributed by atoms with van der Waals surface area (Å²) in [5.41, 5.74) is 0. The van der Waals surface area contributed by atoms with Gasteiger partial charge in [0, 0.05) is 7.05 Å². The highest BCUT2D eigenvalue weighted by Crippen LogP contribution is 2.04. The number of nitrogens with one attached hydrogen (secondary N) is 1. The lowest BCUT2D eigenvalue weighted by Gasteiger charge is -2.30. The van der Waals surface area contributed by atoms with Crippen molar-refractivity contribution in [3.63, 3.8) is 0 Å². The average Bonchev–Trinajstić information content (AvgIpc) is 2.04. The molecule has 6 nitrogen and oxygen atoms in total. The molecule has 2 unspecified atom stereocenters. The third-order valence-corrected chi connectivity index (χ3v) is 1.76. The minimum atomic E-state index is -1.10. The van der Waals surface area contributed by atoms with Crippen molar-refractivity contribution >= 4 is 11.9 Å². The molecule has 0 fully saturated rings. The highest BCUT2D eigenvalue weighted by molar-refractivity contribution is 5.79. The molecule has 72 valence electrons. The van der Waals surface area contributed by atoms with Gasteiger partial charge in [-0.25, -0.2) is 4.79 Å². The Morgan fingerprint density at radius 1 is 1.38 bits per heavy atom. The Hall–Kier alpha value is -1.56. The van der Waals surface area contributed by atoms with Crippen LogP contribution in [0.5, 0.6) is 0 Å². The summed E-state index contributed by atoms with van der Waals surface area (Å²) in [7, 11) is 1.56. The highest BCUT2D eigenvalue weighted by Gasteiger charge is 2.29. The van der Waals surface area contributed by atoms with Crippen LogP contribution >= 0.6 is 0 Å². The van der Waals surface area contributed by atoms with Gasteiger partial charge in [0.15, 0.2) is 6.17 Å². The van der Waals surface area contributed by atoms with Crippen molar-refractivity contribution in [3.05, 3.63) is 12.3 Å². The van der Waals surface area contributed by atoms with Crippen LogP contribution in [0, 0.1) is 0 Å². The minimum Gasteiger partial charge on any atom is -0.480 e. The van der Waals surface area contributed by atoms with Crippen molar-refractivity contribution in [2.24, 2.45) is 0 Å². The molecular weight excluding hydrogens is 176 g/mol. The molecule has 0 aliphatic carbocycles. The number of carbonyl (C=O) groups is 2. The van der Waals surface area contributed by atoms with Gasteiger partial charge >= 0.3 is 11.9 Å². The summed E-state index contributed by atoms with van der Waals surface area (Å²) in [6.07, 6.45) is 1.85. The molecule has 13 heavy (non-hydrogen) atoms. The largest absolute Gasteiger partial charge is 0.480 e. The zero-order chi connectivity index (χ0) is 10.0. The topological polar surface area (TPSA) is 89.9 Å². The van der Waals surface area contributed by atoms with E-state index in [1.807, 2.05) is 0 Å². The first-order valence-electron chi connectivity index (χ1n) is 3.64. The second-order valence-electron chi connectivity index (χ2n) is 2.73. The van der Waals surface area contributed by atoms with E-state index < -0.39 is 24.1 Å². The molecule has 1 heterocycles. The smallest absolute Gasteiger partial charge is 0.341 e. The normalized spacial score (nSPS) is 27.3. The Bertz CT molecular complexity index is 263. The van der Waals surface area contributed by atoms with Crippen molar-refractivity contribution in [2.75, 3.05) is 7.05 Å². The van der Waals surface area contributed by atoms with Crippen molar-refractivity contribution in [1.29, 1.82) is 0 Å². The third-order valence-electron chi connectivity index (χ3n) is 1.76. The van der Waals surface area contributed by atoms with E-state index in [0.29, 0.717) is 0 Å². The predicted octanol–water partition coefficient (Wildman–Crippen LogP) is -1.10. The quantitative estimate of drug-likeness (QED) is 0.507. The van der Waals surface area contributed by atoms with Crippen LogP contribution in [0.3, 0.4) is 0 Å². The first-order valence-corrected chi connectivity index (χ1v) is 3.64. The van der Waals surface area contributed by atoms with E-state index in [9.17, 15) is 9.59 Å². The Labute approximate surface area is 74.5 Å². The first-order chi connectivity index (χ1) is 6.02. The van der Waals surface area contributed by atoms with Crippen LogP contribution in [0.2, 0.25) is 0 Å². The third kappa shape index (κ3) is 1.97. The standard InChI is InChI=1S/C7H10N2O4/c1-9-3-2-4(6(10)11)8-5(9)7(12)13/h2-5,8H,1H3,(H,10,11)(H,12,13). The van der Waals surface area contributed by atoms with E-state index in [-0.39, 0.29) is 0 Å². The molecule has 3 N–H and O–H groups in total. The summed E-state index contributed by atoms with van der Waals surface area (Å²) in [5, 5.41) is 19.7. The molecular formula is C7H10N2O4. The number of carboxylic acids is 2. The summed E-state index contributed by atoms with van der Waals surface area (Å²) in [5.74, 6) is -2.19. The molecule has 0 spiro atoms. The van der Waals surface area contributed by atoms with Crippen LogP contribution in [-0.2, 0) is 9.59 Å². The number of likely N-dealkylation sites (N-methyl/N-ethyl adjacent to an activating group) is 1. The van der Waals surface area contributed by atoms with E-state index in [1.165, 1.54) is 17.2 Å². The van der Waals surface area contributed by atoms with Gasteiger partial charge in [0.1, 0.15) is 6.04 Å². The van der Waals surface area contributed by atoms with Crippen molar-refractivity contribution < 1.29 is 19.8 Å². The van der Waals surface area contributed by atoms with E-state index in [1.54, 1.807) is 7.05 Å². The fourth-order valence-electron chi connectivity index (χ4n) is 1.05. The minimum absolute atomic E-state index is 0.933.